The molecule has 4 rings (SSSR count). The molecule has 5 nitrogen and oxygen atoms in total. The van der Waals surface area contributed by atoms with Gasteiger partial charge in [0.15, 0.2) is 5.69 Å². The SMILES string of the molecule is Cc1cccnc1NC(=O)c1ccc(-c2cc(C(F)(F)F)nn2-c2ccccc2Cl)cc1. The van der Waals surface area contributed by atoms with E-state index in [2.05, 4.69) is 15.4 Å². The molecule has 0 fully saturated rings. The minimum absolute atomic E-state index is 0.193. The van der Waals surface area contributed by atoms with E-state index in [1.165, 1.54) is 12.1 Å². The molecule has 9 heteroatoms. The van der Waals surface area contributed by atoms with Crippen LogP contribution in [0.2, 0.25) is 5.02 Å². The number of anilines is 1. The number of amides is 1. The number of nitrogens with zero attached hydrogens (tertiary/aromatic N) is 3. The summed E-state index contributed by atoms with van der Waals surface area (Å²) in [5.41, 5.74) is 1.04. The Morgan fingerprint density at radius 2 is 1.75 bits per heavy atom. The number of nitrogens with one attached hydrogen (secondary N) is 1. The van der Waals surface area contributed by atoms with Crippen molar-refractivity contribution < 1.29 is 18.0 Å². The van der Waals surface area contributed by atoms with Crippen LogP contribution in [0.4, 0.5) is 19.0 Å². The molecular formula is C23H16ClF3N4O. The zero-order valence-corrected chi connectivity index (χ0v) is 17.4. The van der Waals surface area contributed by atoms with E-state index < -0.39 is 11.9 Å². The Morgan fingerprint density at radius 1 is 1.03 bits per heavy atom. The van der Waals surface area contributed by atoms with Gasteiger partial charge in [-0.1, -0.05) is 41.9 Å². The maximum Gasteiger partial charge on any atom is 0.435 e. The average molecular weight is 457 g/mol. The van der Waals surface area contributed by atoms with Crippen molar-refractivity contribution in [2.75, 3.05) is 5.32 Å². The largest absolute Gasteiger partial charge is 0.435 e. The molecule has 162 valence electrons. The second-order valence-electron chi connectivity index (χ2n) is 6.98. The van der Waals surface area contributed by atoms with Crippen molar-refractivity contribution in [1.29, 1.82) is 0 Å². The Morgan fingerprint density at radius 3 is 2.41 bits per heavy atom. The molecule has 0 aliphatic carbocycles. The summed E-state index contributed by atoms with van der Waals surface area (Å²) in [6.45, 7) is 1.82. The standard InChI is InChI=1S/C23H16ClF3N4O/c1-14-5-4-12-28-21(14)29-22(32)16-10-8-15(9-11-16)19-13-20(23(25,26)27)30-31(19)18-7-3-2-6-17(18)24/h2-13H,1H3,(H,28,29,32). The number of hydrogen-bond donors (Lipinski definition) is 1. The van der Waals surface area contributed by atoms with E-state index in [-0.39, 0.29) is 16.6 Å². The van der Waals surface area contributed by atoms with Crippen LogP contribution in [0.1, 0.15) is 21.6 Å². The molecular weight excluding hydrogens is 441 g/mol. The summed E-state index contributed by atoms with van der Waals surface area (Å²) in [5.74, 6) is 0.0575. The van der Waals surface area contributed by atoms with Gasteiger partial charge < -0.3 is 5.32 Å². The topological polar surface area (TPSA) is 59.8 Å². The van der Waals surface area contributed by atoms with Gasteiger partial charge in [0.25, 0.3) is 5.91 Å². The molecule has 2 aromatic carbocycles. The van der Waals surface area contributed by atoms with Crippen LogP contribution in [0.3, 0.4) is 0 Å². The van der Waals surface area contributed by atoms with Crippen molar-refractivity contribution in [1.82, 2.24) is 14.8 Å². The van der Waals surface area contributed by atoms with Crippen LogP contribution in [0.25, 0.3) is 16.9 Å². The summed E-state index contributed by atoms with van der Waals surface area (Å²) in [5, 5.41) is 6.71. The van der Waals surface area contributed by atoms with Crippen molar-refractivity contribution in [2.24, 2.45) is 0 Å². The monoisotopic (exact) mass is 456 g/mol. The van der Waals surface area contributed by atoms with Gasteiger partial charge in [0.05, 0.1) is 16.4 Å². The second-order valence-corrected chi connectivity index (χ2v) is 7.38. The van der Waals surface area contributed by atoms with Crippen molar-refractivity contribution in [3.63, 3.8) is 0 Å². The second kappa shape index (κ2) is 8.47. The number of para-hydroxylation sites is 1. The fraction of sp³-hybridized carbons (Fsp3) is 0.0870. The zero-order valence-electron chi connectivity index (χ0n) is 16.7. The highest BCUT2D eigenvalue weighted by Crippen LogP contribution is 2.34. The van der Waals surface area contributed by atoms with E-state index in [9.17, 15) is 18.0 Å². The molecule has 0 atom stereocenters. The molecule has 2 heterocycles. The Bertz CT molecular complexity index is 1280. The number of carbonyl (C=O) groups excluding carboxylic acids is 1. The first-order chi connectivity index (χ1) is 15.2. The van der Waals surface area contributed by atoms with Crippen molar-refractivity contribution in [3.05, 3.63) is 94.8 Å². The highest BCUT2D eigenvalue weighted by atomic mass is 35.5. The average Bonchev–Trinajstić information content (AvgIpc) is 3.21. The summed E-state index contributed by atoms with van der Waals surface area (Å²) < 4.78 is 41.2. The quantitative estimate of drug-likeness (QED) is 0.399. The first-order valence-electron chi connectivity index (χ1n) is 9.49. The van der Waals surface area contributed by atoms with Gasteiger partial charge in [-0.3, -0.25) is 4.79 Å². The minimum atomic E-state index is -4.62. The van der Waals surface area contributed by atoms with Crippen LogP contribution < -0.4 is 5.32 Å². The van der Waals surface area contributed by atoms with E-state index >= 15 is 0 Å². The summed E-state index contributed by atoms with van der Waals surface area (Å²) in [4.78, 5) is 16.7. The number of pyridine rings is 1. The van der Waals surface area contributed by atoms with Gasteiger partial charge in [-0.25, -0.2) is 9.67 Å². The predicted octanol–water partition coefficient (Wildman–Crippen LogP) is 6.17. The van der Waals surface area contributed by atoms with Gasteiger partial charge in [-0.15, -0.1) is 0 Å². The van der Waals surface area contributed by atoms with Crippen molar-refractivity contribution in [3.8, 4) is 16.9 Å². The Balaban J connectivity index is 1.69. The molecule has 0 unspecified atom stereocenters. The van der Waals surface area contributed by atoms with Gasteiger partial charge >= 0.3 is 6.18 Å². The lowest BCUT2D eigenvalue weighted by Gasteiger charge is -2.10. The van der Waals surface area contributed by atoms with Crippen LogP contribution in [-0.2, 0) is 6.18 Å². The predicted molar refractivity (Wildman–Crippen MR) is 116 cm³/mol. The number of hydrogen-bond acceptors (Lipinski definition) is 3. The Kier molecular flexibility index (Phi) is 5.71. The van der Waals surface area contributed by atoms with Crippen LogP contribution in [-0.4, -0.2) is 20.7 Å². The van der Waals surface area contributed by atoms with Gasteiger partial charge in [0.2, 0.25) is 0 Å². The number of carbonyl (C=O) groups is 1. The molecule has 32 heavy (non-hydrogen) atoms. The molecule has 1 N–H and O–H groups in total. The van der Waals surface area contributed by atoms with E-state index in [1.807, 2.05) is 13.0 Å². The third kappa shape index (κ3) is 4.36. The van der Waals surface area contributed by atoms with E-state index in [4.69, 9.17) is 11.6 Å². The highest BCUT2D eigenvalue weighted by Gasteiger charge is 2.35. The molecule has 0 saturated carbocycles. The zero-order chi connectivity index (χ0) is 22.9. The van der Waals surface area contributed by atoms with Crippen LogP contribution in [0.15, 0.2) is 72.9 Å². The molecule has 0 aliphatic heterocycles. The Labute approximate surface area is 186 Å². The lowest BCUT2D eigenvalue weighted by molar-refractivity contribution is -0.141. The molecule has 0 spiro atoms. The lowest BCUT2D eigenvalue weighted by Crippen LogP contribution is -2.13. The van der Waals surface area contributed by atoms with E-state index in [0.29, 0.717) is 22.6 Å². The smallest absolute Gasteiger partial charge is 0.306 e. The van der Waals surface area contributed by atoms with E-state index in [1.54, 1.807) is 48.7 Å². The van der Waals surface area contributed by atoms with Gasteiger partial charge in [-0.2, -0.15) is 18.3 Å². The maximum absolute atomic E-state index is 13.4. The molecule has 4 aromatic rings. The van der Waals surface area contributed by atoms with E-state index in [0.717, 1.165) is 16.3 Å². The minimum Gasteiger partial charge on any atom is -0.306 e. The van der Waals surface area contributed by atoms with Crippen LogP contribution in [0.5, 0.6) is 0 Å². The third-order valence-corrected chi connectivity index (χ3v) is 5.08. The molecule has 1 amide bonds. The molecule has 0 radical (unpaired) electrons. The summed E-state index contributed by atoms with van der Waals surface area (Å²) >= 11 is 6.20. The first kappa shape index (κ1) is 21.6. The van der Waals surface area contributed by atoms with Gasteiger partial charge in [-0.05, 0) is 48.9 Å². The fourth-order valence-electron chi connectivity index (χ4n) is 3.12. The normalized spacial score (nSPS) is 11.4. The summed E-state index contributed by atoms with van der Waals surface area (Å²) in [6.07, 6.45) is -3.05. The lowest BCUT2D eigenvalue weighted by atomic mass is 10.1. The number of aryl methyl sites for hydroxylation is 1. The Hall–Kier alpha value is -3.65. The molecule has 2 aromatic heterocycles. The number of benzene rings is 2. The molecule has 0 bridgehead atoms. The maximum atomic E-state index is 13.4. The van der Waals surface area contributed by atoms with Crippen LogP contribution in [0, 0.1) is 6.92 Å². The van der Waals surface area contributed by atoms with Gasteiger partial charge in [0, 0.05) is 17.3 Å². The van der Waals surface area contributed by atoms with Crippen molar-refractivity contribution in [2.45, 2.75) is 13.1 Å². The van der Waals surface area contributed by atoms with Crippen molar-refractivity contribution >= 4 is 23.3 Å². The van der Waals surface area contributed by atoms with Crippen LogP contribution >= 0.6 is 11.6 Å². The number of halogens is 4. The number of alkyl halides is 3. The third-order valence-electron chi connectivity index (χ3n) is 4.76. The molecule has 0 aliphatic rings. The number of aromatic nitrogens is 3. The highest BCUT2D eigenvalue weighted by molar-refractivity contribution is 6.32. The molecule has 0 saturated heterocycles. The fourth-order valence-corrected chi connectivity index (χ4v) is 3.34. The number of rotatable bonds is 4. The summed E-state index contributed by atoms with van der Waals surface area (Å²) in [7, 11) is 0. The first-order valence-corrected chi connectivity index (χ1v) is 9.87. The summed E-state index contributed by atoms with van der Waals surface area (Å²) in [6, 6.07) is 17.2. The van der Waals surface area contributed by atoms with Gasteiger partial charge in [0.1, 0.15) is 5.82 Å².